The SMILES string of the molecule is CN=C(NCCC1CCCO1)N1CCC(C)CC1.I. The van der Waals surface area contributed by atoms with Crippen LogP contribution in [0, 0.1) is 5.92 Å². The number of ether oxygens (including phenoxy) is 1. The van der Waals surface area contributed by atoms with Crippen LogP contribution in [0.15, 0.2) is 4.99 Å². The molecule has 2 saturated heterocycles. The molecule has 2 heterocycles. The minimum atomic E-state index is 0. The Hall–Kier alpha value is -0.0400. The summed E-state index contributed by atoms with van der Waals surface area (Å²) in [4.78, 5) is 6.78. The number of halogens is 1. The summed E-state index contributed by atoms with van der Waals surface area (Å²) in [5.41, 5.74) is 0. The number of rotatable bonds is 3. The maximum Gasteiger partial charge on any atom is 0.193 e. The van der Waals surface area contributed by atoms with Gasteiger partial charge in [0.05, 0.1) is 6.10 Å². The van der Waals surface area contributed by atoms with Gasteiger partial charge in [0, 0.05) is 33.3 Å². The number of guanidine groups is 1. The van der Waals surface area contributed by atoms with Crippen molar-refractivity contribution in [3.8, 4) is 0 Å². The normalized spacial score (nSPS) is 25.3. The molecule has 0 aromatic heterocycles. The molecule has 2 rings (SSSR count). The number of aliphatic imine (C=N–C) groups is 1. The summed E-state index contributed by atoms with van der Waals surface area (Å²) in [5, 5.41) is 3.48. The maximum atomic E-state index is 5.63. The average molecular weight is 381 g/mol. The van der Waals surface area contributed by atoms with Crippen LogP contribution in [0.4, 0.5) is 0 Å². The summed E-state index contributed by atoms with van der Waals surface area (Å²) >= 11 is 0. The lowest BCUT2D eigenvalue weighted by Crippen LogP contribution is -2.45. The van der Waals surface area contributed by atoms with Gasteiger partial charge >= 0.3 is 0 Å². The molecule has 0 bridgehead atoms. The van der Waals surface area contributed by atoms with E-state index in [2.05, 4.69) is 22.1 Å². The largest absolute Gasteiger partial charge is 0.378 e. The van der Waals surface area contributed by atoms with E-state index in [0.717, 1.165) is 44.5 Å². The van der Waals surface area contributed by atoms with Crippen LogP contribution >= 0.6 is 24.0 Å². The van der Waals surface area contributed by atoms with Gasteiger partial charge in [-0.05, 0) is 38.0 Å². The van der Waals surface area contributed by atoms with Crippen LogP contribution in [0.5, 0.6) is 0 Å². The molecule has 112 valence electrons. The van der Waals surface area contributed by atoms with E-state index in [4.69, 9.17) is 4.74 Å². The van der Waals surface area contributed by atoms with E-state index in [1.807, 2.05) is 7.05 Å². The Bertz CT molecular complexity index is 272. The maximum absolute atomic E-state index is 5.63. The molecule has 0 radical (unpaired) electrons. The highest BCUT2D eigenvalue weighted by atomic mass is 127. The van der Waals surface area contributed by atoms with E-state index in [0.29, 0.717) is 6.10 Å². The van der Waals surface area contributed by atoms with Crippen molar-refractivity contribution in [3.05, 3.63) is 0 Å². The minimum Gasteiger partial charge on any atom is -0.378 e. The van der Waals surface area contributed by atoms with Crippen molar-refractivity contribution < 1.29 is 4.74 Å². The fourth-order valence-corrected chi connectivity index (χ4v) is 2.77. The summed E-state index contributed by atoms with van der Waals surface area (Å²) in [5.74, 6) is 1.94. The van der Waals surface area contributed by atoms with Crippen LogP contribution in [0.25, 0.3) is 0 Å². The number of hydrogen-bond acceptors (Lipinski definition) is 2. The zero-order chi connectivity index (χ0) is 12.8. The number of hydrogen-bond donors (Lipinski definition) is 1. The van der Waals surface area contributed by atoms with Gasteiger partial charge in [-0.2, -0.15) is 0 Å². The first-order valence-corrected chi connectivity index (χ1v) is 7.37. The topological polar surface area (TPSA) is 36.9 Å². The molecule has 2 aliphatic heterocycles. The van der Waals surface area contributed by atoms with Crippen molar-refractivity contribution in [2.45, 2.75) is 45.1 Å². The second kappa shape index (κ2) is 9.00. The molecule has 19 heavy (non-hydrogen) atoms. The Balaban J connectivity index is 0.00000180. The molecular weight excluding hydrogens is 353 g/mol. The van der Waals surface area contributed by atoms with Crippen LogP contribution < -0.4 is 5.32 Å². The highest BCUT2D eigenvalue weighted by molar-refractivity contribution is 14.0. The molecule has 5 heteroatoms. The summed E-state index contributed by atoms with van der Waals surface area (Å²) in [7, 11) is 1.88. The average Bonchev–Trinajstić information content (AvgIpc) is 2.89. The summed E-state index contributed by atoms with van der Waals surface area (Å²) in [6.07, 6.45) is 6.59. The first-order valence-electron chi connectivity index (χ1n) is 7.37. The lowest BCUT2D eigenvalue weighted by molar-refractivity contribution is 0.105. The number of likely N-dealkylation sites (tertiary alicyclic amines) is 1. The molecule has 0 spiro atoms. The molecule has 1 atom stereocenters. The van der Waals surface area contributed by atoms with Crippen molar-refractivity contribution in [2.24, 2.45) is 10.9 Å². The number of piperidine rings is 1. The number of nitrogens with one attached hydrogen (secondary N) is 1. The number of nitrogens with zero attached hydrogens (tertiary/aromatic N) is 2. The monoisotopic (exact) mass is 381 g/mol. The van der Waals surface area contributed by atoms with Crippen molar-refractivity contribution in [1.82, 2.24) is 10.2 Å². The van der Waals surface area contributed by atoms with E-state index in [9.17, 15) is 0 Å². The van der Waals surface area contributed by atoms with Gasteiger partial charge < -0.3 is 15.0 Å². The summed E-state index contributed by atoms with van der Waals surface area (Å²) in [6.45, 7) is 6.54. The van der Waals surface area contributed by atoms with E-state index in [-0.39, 0.29) is 24.0 Å². The minimum absolute atomic E-state index is 0. The van der Waals surface area contributed by atoms with Crippen molar-refractivity contribution >= 4 is 29.9 Å². The van der Waals surface area contributed by atoms with E-state index >= 15 is 0 Å². The molecule has 2 aliphatic rings. The summed E-state index contributed by atoms with van der Waals surface area (Å²) < 4.78 is 5.63. The van der Waals surface area contributed by atoms with Gasteiger partial charge in [0.15, 0.2) is 5.96 Å². The highest BCUT2D eigenvalue weighted by Gasteiger charge is 2.19. The zero-order valence-corrected chi connectivity index (χ0v) is 14.6. The third kappa shape index (κ3) is 5.45. The fourth-order valence-electron chi connectivity index (χ4n) is 2.77. The van der Waals surface area contributed by atoms with E-state index < -0.39 is 0 Å². The second-order valence-corrected chi connectivity index (χ2v) is 5.57. The first kappa shape index (κ1) is 17.0. The Morgan fingerprint density at radius 2 is 2.05 bits per heavy atom. The summed E-state index contributed by atoms with van der Waals surface area (Å²) in [6, 6.07) is 0. The molecule has 4 nitrogen and oxygen atoms in total. The fraction of sp³-hybridized carbons (Fsp3) is 0.929. The van der Waals surface area contributed by atoms with E-state index in [1.54, 1.807) is 0 Å². The van der Waals surface area contributed by atoms with Crippen LogP contribution in [0.2, 0.25) is 0 Å². The third-order valence-electron chi connectivity index (χ3n) is 4.07. The molecule has 0 aliphatic carbocycles. The smallest absolute Gasteiger partial charge is 0.193 e. The van der Waals surface area contributed by atoms with Crippen LogP contribution in [-0.2, 0) is 4.74 Å². The zero-order valence-electron chi connectivity index (χ0n) is 12.2. The molecule has 0 saturated carbocycles. The van der Waals surface area contributed by atoms with Gasteiger partial charge in [0.2, 0.25) is 0 Å². The predicted octanol–water partition coefficient (Wildman–Crippen LogP) is 2.48. The second-order valence-electron chi connectivity index (χ2n) is 5.57. The Kier molecular flexibility index (Phi) is 8.06. The van der Waals surface area contributed by atoms with Crippen LogP contribution in [-0.4, -0.2) is 50.3 Å². The van der Waals surface area contributed by atoms with E-state index in [1.165, 1.54) is 25.7 Å². The van der Waals surface area contributed by atoms with Gasteiger partial charge in [-0.15, -0.1) is 24.0 Å². The van der Waals surface area contributed by atoms with Crippen LogP contribution in [0.3, 0.4) is 0 Å². The van der Waals surface area contributed by atoms with Gasteiger partial charge in [0.25, 0.3) is 0 Å². The van der Waals surface area contributed by atoms with Gasteiger partial charge in [0.1, 0.15) is 0 Å². The molecule has 1 unspecified atom stereocenters. The Labute approximate surface area is 134 Å². The molecular formula is C14H28IN3O. The van der Waals surface area contributed by atoms with Crippen molar-refractivity contribution in [2.75, 3.05) is 33.3 Å². The van der Waals surface area contributed by atoms with Gasteiger partial charge in [-0.1, -0.05) is 6.92 Å². The Morgan fingerprint density at radius 3 is 2.63 bits per heavy atom. The van der Waals surface area contributed by atoms with Crippen LogP contribution in [0.1, 0.15) is 39.0 Å². The molecule has 0 amide bonds. The lowest BCUT2D eigenvalue weighted by Gasteiger charge is -2.33. The standard InChI is InChI=1S/C14H27N3O.HI/c1-12-6-9-17(10-7-12)14(15-2)16-8-5-13-4-3-11-18-13;/h12-13H,3-11H2,1-2H3,(H,15,16);1H. The van der Waals surface area contributed by atoms with Gasteiger partial charge in [-0.3, -0.25) is 4.99 Å². The quantitative estimate of drug-likeness (QED) is 0.464. The third-order valence-corrected chi connectivity index (χ3v) is 4.07. The first-order chi connectivity index (χ1) is 8.79. The predicted molar refractivity (Wildman–Crippen MR) is 90.3 cm³/mol. The molecule has 2 fully saturated rings. The highest BCUT2D eigenvalue weighted by Crippen LogP contribution is 2.16. The lowest BCUT2D eigenvalue weighted by atomic mass is 10.00. The molecule has 0 aromatic rings. The van der Waals surface area contributed by atoms with Crippen molar-refractivity contribution in [3.63, 3.8) is 0 Å². The molecule has 0 aromatic carbocycles. The van der Waals surface area contributed by atoms with Crippen molar-refractivity contribution in [1.29, 1.82) is 0 Å². The van der Waals surface area contributed by atoms with Gasteiger partial charge in [-0.25, -0.2) is 0 Å². The Morgan fingerprint density at radius 1 is 1.32 bits per heavy atom. The molecule has 1 N–H and O–H groups in total.